The number of amides is 1. The first kappa shape index (κ1) is 26.9. The number of para-hydroxylation sites is 1. The van der Waals surface area contributed by atoms with Crippen LogP contribution in [0.15, 0.2) is 90.0 Å². The Morgan fingerprint density at radius 3 is 2.38 bits per heavy atom. The van der Waals surface area contributed by atoms with Crippen LogP contribution in [0, 0.1) is 0 Å². The number of H-pyrrole nitrogens is 1. The van der Waals surface area contributed by atoms with Crippen LogP contribution in [0.2, 0.25) is 5.02 Å². The van der Waals surface area contributed by atoms with Crippen LogP contribution in [0.1, 0.15) is 11.1 Å². The average molecular weight is 540 g/mol. The number of nitrogens with one attached hydrogen (secondary N) is 1. The van der Waals surface area contributed by atoms with Gasteiger partial charge in [-0.2, -0.15) is 4.31 Å². The molecule has 4 aromatic rings. The van der Waals surface area contributed by atoms with Crippen molar-refractivity contribution in [3.8, 4) is 0 Å². The summed E-state index contributed by atoms with van der Waals surface area (Å²) in [7, 11) is -2.44. The highest BCUT2D eigenvalue weighted by Crippen LogP contribution is 2.21. The van der Waals surface area contributed by atoms with E-state index in [1.807, 2.05) is 54.7 Å². The molecule has 1 amide bonds. The zero-order chi connectivity index (χ0) is 26.3. The van der Waals surface area contributed by atoms with Crippen molar-refractivity contribution in [3.63, 3.8) is 0 Å². The lowest BCUT2D eigenvalue weighted by Gasteiger charge is -2.27. The predicted octanol–water partition coefficient (Wildman–Crippen LogP) is 4.73. The molecule has 9 heteroatoms. The fourth-order valence-corrected chi connectivity index (χ4v) is 5.67. The van der Waals surface area contributed by atoms with Gasteiger partial charge in [-0.05, 0) is 47.9 Å². The zero-order valence-corrected chi connectivity index (χ0v) is 22.2. The highest BCUT2D eigenvalue weighted by Gasteiger charge is 2.28. The van der Waals surface area contributed by atoms with Gasteiger partial charge in [0.25, 0.3) is 0 Å². The van der Waals surface area contributed by atoms with Gasteiger partial charge in [0.15, 0.2) is 0 Å². The smallest absolute Gasteiger partial charge is 0.243 e. The largest absolute Gasteiger partial charge is 0.383 e. The summed E-state index contributed by atoms with van der Waals surface area (Å²) in [5.41, 5.74) is 3.11. The monoisotopic (exact) mass is 539 g/mol. The van der Waals surface area contributed by atoms with Crippen LogP contribution in [0.4, 0.5) is 0 Å². The molecule has 0 bridgehead atoms. The Morgan fingerprint density at radius 2 is 1.65 bits per heavy atom. The molecule has 0 aliphatic carbocycles. The van der Waals surface area contributed by atoms with Gasteiger partial charge in [-0.15, -0.1) is 0 Å². The van der Waals surface area contributed by atoms with Crippen molar-refractivity contribution in [1.29, 1.82) is 0 Å². The number of nitrogens with zero attached hydrogens (tertiary/aromatic N) is 2. The van der Waals surface area contributed by atoms with Crippen molar-refractivity contribution in [2.75, 3.05) is 33.4 Å². The minimum atomic E-state index is -3.94. The number of hydrogen-bond acceptors (Lipinski definition) is 4. The quantitative estimate of drug-likeness (QED) is 0.282. The number of halogens is 1. The Hall–Kier alpha value is -3.17. The second kappa shape index (κ2) is 12.4. The Morgan fingerprint density at radius 1 is 0.946 bits per heavy atom. The molecule has 0 fully saturated rings. The molecule has 0 saturated heterocycles. The maximum atomic E-state index is 13.6. The summed E-state index contributed by atoms with van der Waals surface area (Å²) < 4.78 is 33.1. The third kappa shape index (κ3) is 6.78. The number of aromatic amines is 1. The molecular weight excluding hydrogens is 510 g/mol. The maximum absolute atomic E-state index is 13.6. The fraction of sp³-hybridized carbons (Fsp3) is 0.250. The van der Waals surface area contributed by atoms with Crippen molar-refractivity contribution < 1.29 is 17.9 Å². The molecule has 7 nitrogen and oxygen atoms in total. The van der Waals surface area contributed by atoms with Crippen molar-refractivity contribution in [3.05, 3.63) is 101 Å². The van der Waals surface area contributed by atoms with Crippen LogP contribution >= 0.6 is 11.6 Å². The summed E-state index contributed by atoms with van der Waals surface area (Å²) in [6.07, 6.45) is 2.59. The molecule has 3 aromatic carbocycles. The molecule has 0 unspecified atom stereocenters. The molecule has 0 radical (unpaired) electrons. The Balaban J connectivity index is 1.57. The van der Waals surface area contributed by atoms with Crippen LogP contribution < -0.4 is 0 Å². The summed E-state index contributed by atoms with van der Waals surface area (Å²) in [6.45, 7) is 0.730. The van der Waals surface area contributed by atoms with E-state index in [-0.39, 0.29) is 30.5 Å². The number of benzene rings is 3. The van der Waals surface area contributed by atoms with Gasteiger partial charge in [0.2, 0.25) is 15.9 Å². The molecule has 0 aliphatic rings. The minimum Gasteiger partial charge on any atom is -0.383 e. The van der Waals surface area contributed by atoms with E-state index in [4.69, 9.17) is 16.3 Å². The van der Waals surface area contributed by atoms with Crippen LogP contribution in [0.3, 0.4) is 0 Å². The summed E-state index contributed by atoms with van der Waals surface area (Å²) in [5.74, 6) is -0.280. The van der Waals surface area contributed by atoms with Crippen LogP contribution in [-0.2, 0) is 32.5 Å². The van der Waals surface area contributed by atoms with E-state index in [1.54, 1.807) is 4.90 Å². The molecule has 1 aromatic heterocycles. The maximum Gasteiger partial charge on any atom is 0.243 e. The fourth-order valence-electron chi connectivity index (χ4n) is 4.17. The molecular formula is C28H30ClN3O4S. The topological polar surface area (TPSA) is 82.7 Å². The van der Waals surface area contributed by atoms with Gasteiger partial charge in [-0.1, -0.05) is 60.1 Å². The van der Waals surface area contributed by atoms with Crippen LogP contribution in [0.5, 0.6) is 0 Å². The number of rotatable bonds is 12. The normalized spacial score (nSPS) is 11.8. The molecule has 0 aliphatic heterocycles. The van der Waals surface area contributed by atoms with Gasteiger partial charge in [0, 0.05) is 48.9 Å². The number of hydrogen-bond donors (Lipinski definition) is 1. The summed E-state index contributed by atoms with van der Waals surface area (Å²) >= 11 is 5.95. The lowest BCUT2D eigenvalue weighted by atomic mass is 10.1. The molecule has 37 heavy (non-hydrogen) atoms. The third-order valence-corrected chi connectivity index (χ3v) is 8.31. The molecule has 1 N–H and O–H groups in total. The van der Waals surface area contributed by atoms with Gasteiger partial charge in [-0.25, -0.2) is 8.42 Å². The second-order valence-electron chi connectivity index (χ2n) is 8.70. The summed E-state index contributed by atoms with van der Waals surface area (Å²) in [4.78, 5) is 18.7. The van der Waals surface area contributed by atoms with Crippen molar-refractivity contribution in [2.45, 2.75) is 17.9 Å². The minimum absolute atomic E-state index is 0.0504. The van der Waals surface area contributed by atoms with E-state index in [9.17, 15) is 13.2 Å². The Bertz CT molecular complexity index is 1420. The van der Waals surface area contributed by atoms with E-state index in [2.05, 4.69) is 11.1 Å². The molecule has 0 saturated carbocycles. The SMILES string of the molecule is COCCN(CC(=O)N(CCc1c[nH]c2ccccc12)Cc1ccccc1)S(=O)(=O)c1ccc(Cl)cc1. The van der Waals surface area contributed by atoms with E-state index < -0.39 is 10.0 Å². The highest BCUT2D eigenvalue weighted by atomic mass is 35.5. The second-order valence-corrected chi connectivity index (χ2v) is 11.1. The van der Waals surface area contributed by atoms with Crippen LogP contribution in [-0.4, -0.2) is 61.9 Å². The number of methoxy groups -OCH3 is 1. The van der Waals surface area contributed by atoms with Gasteiger partial charge in [0.1, 0.15) is 0 Å². The first-order chi connectivity index (χ1) is 17.9. The third-order valence-electron chi connectivity index (χ3n) is 6.20. The summed E-state index contributed by atoms with van der Waals surface area (Å²) in [6, 6.07) is 23.6. The van der Waals surface area contributed by atoms with E-state index in [1.165, 1.54) is 35.7 Å². The number of fused-ring (bicyclic) bond motifs is 1. The van der Waals surface area contributed by atoms with Gasteiger partial charge in [0.05, 0.1) is 18.0 Å². The highest BCUT2D eigenvalue weighted by molar-refractivity contribution is 7.89. The number of aromatic nitrogens is 1. The number of carbonyl (C=O) groups is 1. The Kier molecular flexibility index (Phi) is 9.00. The number of carbonyl (C=O) groups excluding carboxylic acids is 1. The zero-order valence-electron chi connectivity index (χ0n) is 20.6. The number of sulfonamides is 1. The van der Waals surface area contributed by atoms with Gasteiger partial charge >= 0.3 is 0 Å². The van der Waals surface area contributed by atoms with E-state index >= 15 is 0 Å². The first-order valence-corrected chi connectivity index (χ1v) is 13.8. The van der Waals surface area contributed by atoms with Gasteiger partial charge < -0.3 is 14.6 Å². The standard InChI is InChI=1S/C28H30ClN3O4S/c1-36-18-17-32(37(34,35)25-13-11-24(29)12-14-25)21-28(33)31(20-22-7-3-2-4-8-22)16-15-23-19-30-27-10-6-5-9-26(23)27/h2-14,19,30H,15-18,20-21H2,1H3. The molecule has 0 atom stereocenters. The molecule has 0 spiro atoms. The summed E-state index contributed by atoms with van der Waals surface area (Å²) in [5, 5.41) is 1.55. The van der Waals surface area contributed by atoms with Crippen molar-refractivity contribution >= 4 is 38.4 Å². The van der Waals surface area contributed by atoms with E-state index in [0.29, 0.717) is 24.5 Å². The van der Waals surface area contributed by atoms with Crippen molar-refractivity contribution in [1.82, 2.24) is 14.2 Å². The lowest BCUT2D eigenvalue weighted by molar-refractivity contribution is -0.132. The average Bonchev–Trinajstić information content (AvgIpc) is 3.32. The van der Waals surface area contributed by atoms with E-state index in [0.717, 1.165) is 22.0 Å². The van der Waals surface area contributed by atoms with Crippen molar-refractivity contribution in [2.24, 2.45) is 0 Å². The Labute approximate surface area is 222 Å². The predicted molar refractivity (Wildman–Crippen MR) is 146 cm³/mol. The van der Waals surface area contributed by atoms with Crippen LogP contribution in [0.25, 0.3) is 10.9 Å². The number of ether oxygens (including phenoxy) is 1. The molecule has 4 rings (SSSR count). The lowest BCUT2D eigenvalue weighted by Crippen LogP contribution is -2.44. The first-order valence-electron chi connectivity index (χ1n) is 12.0. The molecule has 1 heterocycles. The van der Waals surface area contributed by atoms with Gasteiger partial charge in [-0.3, -0.25) is 4.79 Å². The molecule has 194 valence electrons.